The van der Waals surface area contributed by atoms with Crippen molar-refractivity contribution in [3.05, 3.63) is 0 Å². The van der Waals surface area contributed by atoms with Gasteiger partial charge in [0.1, 0.15) is 5.60 Å². The van der Waals surface area contributed by atoms with Gasteiger partial charge in [0.25, 0.3) is 0 Å². The van der Waals surface area contributed by atoms with Crippen molar-refractivity contribution in [3.8, 4) is 0 Å². The van der Waals surface area contributed by atoms with Crippen molar-refractivity contribution >= 4 is 12.0 Å². The lowest BCUT2D eigenvalue weighted by molar-refractivity contribution is -0.125. The Morgan fingerprint density at radius 2 is 1.90 bits per heavy atom. The first-order valence-electron chi connectivity index (χ1n) is 8.00. The number of carbonyl (C=O) groups excluding carboxylic acids is 2. The minimum Gasteiger partial charge on any atom is -0.444 e. The van der Waals surface area contributed by atoms with Crippen LogP contribution in [-0.2, 0) is 9.53 Å². The van der Waals surface area contributed by atoms with Crippen molar-refractivity contribution in [1.82, 2.24) is 10.6 Å². The maximum absolute atomic E-state index is 11.9. The fraction of sp³-hybridized carbons (Fsp3) is 0.875. The third-order valence-electron chi connectivity index (χ3n) is 4.27. The van der Waals surface area contributed by atoms with Gasteiger partial charge in [0.2, 0.25) is 5.91 Å². The molecule has 1 atom stereocenters. The molecule has 0 aromatic rings. The molecule has 2 fully saturated rings. The molecule has 2 amide bonds. The summed E-state index contributed by atoms with van der Waals surface area (Å²) in [6, 6.07) is 0. The van der Waals surface area contributed by atoms with Gasteiger partial charge in [-0.2, -0.15) is 0 Å². The van der Waals surface area contributed by atoms with Gasteiger partial charge in [-0.15, -0.1) is 0 Å². The van der Waals surface area contributed by atoms with Gasteiger partial charge in [-0.05, 0) is 58.8 Å². The molecule has 5 nitrogen and oxygen atoms in total. The summed E-state index contributed by atoms with van der Waals surface area (Å²) in [4.78, 5) is 23.7. The number of nitrogens with one attached hydrogen (secondary N) is 2. The van der Waals surface area contributed by atoms with Crippen molar-refractivity contribution in [3.63, 3.8) is 0 Å². The zero-order chi connectivity index (χ0) is 15.7. The maximum atomic E-state index is 11.9. The smallest absolute Gasteiger partial charge is 0.408 e. The highest BCUT2D eigenvalue weighted by Gasteiger charge is 2.44. The Balaban J connectivity index is 1.67. The van der Waals surface area contributed by atoms with Crippen LogP contribution in [0.5, 0.6) is 0 Å². The molecule has 0 saturated heterocycles. The lowest BCUT2D eigenvalue weighted by Crippen LogP contribution is -2.43. The average molecular weight is 296 g/mol. The van der Waals surface area contributed by atoms with E-state index in [1.54, 1.807) is 0 Å². The first-order chi connectivity index (χ1) is 9.71. The molecule has 0 unspecified atom stereocenters. The van der Waals surface area contributed by atoms with E-state index in [-0.39, 0.29) is 23.5 Å². The summed E-state index contributed by atoms with van der Waals surface area (Å²) in [5, 5.41) is 5.94. The van der Waals surface area contributed by atoms with Gasteiger partial charge in [0.05, 0.1) is 0 Å². The van der Waals surface area contributed by atoms with Crippen LogP contribution in [0.2, 0.25) is 0 Å². The van der Waals surface area contributed by atoms with E-state index in [4.69, 9.17) is 4.74 Å². The minimum atomic E-state index is -0.478. The second kappa shape index (κ2) is 5.85. The van der Waals surface area contributed by atoms with Crippen molar-refractivity contribution in [2.75, 3.05) is 6.54 Å². The minimum absolute atomic E-state index is 0.124. The Labute approximate surface area is 127 Å². The van der Waals surface area contributed by atoms with Gasteiger partial charge in [-0.25, -0.2) is 4.79 Å². The Bertz CT molecular complexity index is 406. The van der Waals surface area contributed by atoms with Crippen molar-refractivity contribution in [2.24, 2.45) is 11.8 Å². The molecule has 0 bridgehead atoms. The average Bonchev–Trinajstić information content (AvgIpc) is 3.19. The standard InChI is InChI=1S/C16H28N2O3/c1-11(12-5-6-12)13(19)17-10-9-16(7-8-16)18-14(20)21-15(2,3)4/h11-12H,5-10H2,1-4H3,(H,17,19)(H,18,20)/t11-/m1/s1. The number of carbonyl (C=O) groups is 2. The lowest BCUT2D eigenvalue weighted by atomic mass is 10.1. The van der Waals surface area contributed by atoms with Gasteiger partial charge in [0.15, 0.2) is 0 Å². The first-order valence-corrected chi connectivity index (χ1v) is 8.00. The molecule has 2 saturated carbocycles. The summed E-state index contributed by atoms with van der Waals surface area (Å²) in [6.07, 6.45) is 4.69. The van der Waals surface area contributed by atoms with Gasteiger partial charge in [-0.3, -0.25) is 4.79 Å². The van der Waals surface area contributed by atoms with Crippen LogP contribution in [0.1, 0.15) is 59.8 Å². The topological polar surface area (TPSA) is 67.4 Å². The highest BCUT2D eigenvalue weighted by molar-refractivity contribution is 5.78. The van der Waals surface area contributed by atoms with Crippen molar-refractivity contribution in [2.45, 2.75) is 70.9 Å². The quantitative estimate of drug-likeness (QED) is 0.791. The molecule has 0 radical (unpaired) electrons. The normalized spacial score (nSPS) is 21.3. The van der Waals surface area contributed by atoms with E-state index < -0.39 is 5.60 Å². The fourth-order valence-corrected chi connectivity index (χ4v) is 2.50. The van der Waals surface area contributed by atoms with E-state index in [1.165, 1.54) is 12.8 Å². The monoisotopic (exact) mass is 296 g/mol. The van der Waals surface area contributed by atoms with Crippen molar-refractivity contribution in [1.29, 1.82) is 0 Å². The number of hydrogen-bond acceptors (Lipinski definition) is 3. The van der Waals surface area contributed by atoms with E-state index in [9.17, 15) is 9.59 Å². The predicted molar refractivity (Wildman–Crippen MR) is 80.8 cm³/mol. The first kappa shape index (κ1) is 16.1. The van der Waals surface area contributed by atoms with Crippen LogP contribution in [0.4, 0.5) is 4.79 Å². The Morgan fingerprint density at radius 1 is 1.29 bits per heavy atom. The van der Waals surface area contributed by atoms with Gasteiger partial charge < -0.3 is 15.4 Å². The molecule has 21 heavy (non-hydrogen) atoms. The summed E-state index contributed by atoms with van der Waals surface area (Å²) in [6.45, 7) is 8.17. The molecule has 0 aromatic heterocycles. The van der Waals surface area contributed by atoms with Crippen LogP contribution in [-0.4, -0.2) is 29.7 Å². The van der Waals surface area contributed by atoms with Crippen LogP contribution in [0.25, 0.3) is 0 Å². The zero-order valence-electron chi connectivity index (χ0n) is 13.6. The molecule has 0 aliphatic heterocycles. The number of rotatable bonds is 6. The molecular formula is C16H28N2O3. The highest BCUT2D eigenvalue weighted by Crippen LogP contribution is 2.39. The van der Waals surface area contributed by atoms with Crippen LogP contribution in [0, 0.1) is 11.8 Å². The number of alkyl carbamates (subject to hydrolysis) is 1. The number of hydrogen-bond donors (Lipinski definition) is 2. The maximum Gasteiger partial charge on any atom is 0.408 e. The third kappa shape index (κ3) is 5.21. The lowest BCUT2D eigenvalue weighted by Gasteiger charge is -2.23. The van der Waals surface area contributed by atoms with Crippen LogP contribution >= 0.6 is 0 Å². The zero-order valence-corrected chi connectivity index (χ0v) is 13.6. The molecular weight excluding hydrogens is 268 g/mol. The third-order valence-corrected chi connectivity index (χ3v) is 4.27. The molecule has 5 heteroatoms. The Morgan fingerprint density at radius 3 is 2.38 bits per heavy atom. The van der Waals surface area contributed by atoms with Gasteiger partial charge >= 0.3 is 6.09 Å². The summed E-state index contributed by atoms with van der Waals surface area (Å²) >= 11 is 0. The highest BCUT2D eigenvalue weighted by atomic mass is 16.6. The van der Waals surface area contributed by atoms with Crippen LogP contribution in [0.15, 0.2) is 0 Å². The van der Waals surface area contributed by atoms with Gasteiger partial charge in [-0.1, -0.05) is 6.92 Å². The molecule has 2 aliphatic carbocycles. The van der Waals surface area contributed by atoms with Crippen LogP contribution < -0.4 is 10.6 Å². The van der Waals surface area contributed by atoms with Gasteiger partial charge in [0, 0.05) is 18.0 Å². The van der Waals surface area contributed by atoms with E-state index in [2.05, 4.69) is 10.6 Å². The van der Waals surface area contributed by atoms with E-state index in [1.807, 2.05) is 27.7 Å². The summed E-state index contributed by atoms with van der Waals surface area (Å²) < 4.78 is 5.28. The molecule has 2 rings (SSSR count). The fourth-order valence-electron chi connectivity index (χ4n) is 2.50. The predicted octanol–water partition coefficient (Wildman–Crippen LogP) is 2.60. The molecule has 0 spiro atoms. The number of ether oxygens (including phenoxy) is 1. The summed E-state index contributed by atoms with van der Waals surface area (Å²) in [5.41, 5.74) is -0.646. The Hall–Kier alpha value is -1.26. The largest absolute Gasteiger partial charge is 0.444 e. The van der Waals surface area contributed by atoms with E-state index in [0.717, 1.165) is 19.3 Å². The molecule has 2 aliphatic rings. The number of amides is 2. The second-order valence-electron chi connectivity index (χ2n) is 7.57. The molecule has 120 valence electrons. The Kier molecular flexibility index (Phi) is 4.49. The van der Waals surface area contributed by atoms with Crippen molar-refractivity contribution < 1.29 is 14.3 Å². The summed E-state index contributed by atoms with van der Waals surface area (Å²) in [5.74, 6) is 0.851. The summed E-state index contributed by atoms with van der Waals surface area (Å²) in [7, 11) is 0. The van der Waals surface area contributed by atoms with E-state index in [0.29, 0.717) is 12.5 Å². The second-order valence-corrected chi connectivity index (χ2v) is 7.57. The SMILES string of the molecule is C[C@@H](C(=O)NCCC1(NC(=O)OC(C)(C)C)CC1)C1CC1. The molecule has 0 aromatic carbocycles. The molecule has 0 heterocycles. The van der Waals surface area contributed by atoms with E-state index >= 15 is 0 Å². The molecule has 2 N–H and O–H groups in total. The van der Waals surface area contributed by atoms with Crippen LogP contribution in [0.3, 0.4) is 0 Å².